The smallest absolute Gasteiger partial charge is 0.409 e. The normalized spacial score (nSPS) is 23.0. The first-order valence-electron chi connectivity index (χ1n) is 7.80. The van der Waals surface area contributed by atoms with Gasteiger partial charge in [0, 0.05) is 32.8 Å². The fourth-order valence-electron chi connectivity index (χ4n) is 2.72. The Labute approximate surface area is 129 Å². The maximum atomic E-state index is 11.6. The van der Waals surface area contributed by atoms with Gasteiger partial charge in [-0.2, -0.15) is 0 Å². The molecule has 0 bridgehead atoms. The Hall–Kier alpha value is -1.67. The van der Waals surface area contributed by atoms with Gasteiger partial charge in [0.2, 0.25) is 11.8 Å². The predicted octanol–water partition coefficient (Wildman–Crippen LogP) is 0.848. The van der Waals surface area contributed by atoms with Gasteiger partial charge in [0.1, 0.15) is 0 Å². The Morgan fingerprint density at radius 2 is 2.14 bits per heavy atom. The third-order valence-corrected chi connectivity index (χ3v) is 4.02. The number of hydrogen-bond acceptors (Lipinski definition) is 7. The SMILES string of the molecule is CCOC(=O)N1CCN(Cc2nnc(C3CCOC3)o2)CC1. The summed E-state index contributed by atoms with van der Waals surface area (Å²) >= 11 is 0. The Balaban J connectivity index is 1.47. The van der Waals surface area contributed by atoms with Crippen LogP contribution >= 0.6 is 0 Å². The molecule has 2 saturated heterocycles. The maximum absolute atomic E-state index is 11.6. The molecule has 0 N–H and O–H groups in total. The fourth-order valence-corrected chi connectivity index (χ4v) is 2.72. The predicted molar refractivity (Wildman–Crippen MR) is 76.3 cm³/mol. The minimum Gasteiger partial charge on any atom is -0.450 e. The molecule has 0 aliphatic carbocycles. The molecular weight excluding hydrogens is 288 g/mol. The molecule has 2 fully saturated rings. The van der Waals surface area contributed by atoms with Gasteiger partial charge in [0.15, 0.2) is 0 Å². The summed E-state index contributed by atoms with van der Waals surface area (Å²) in [5, 5.41) is 8.24. The minimum absolute atomic E-state index is 0.233. The molecular formula is C14H22N4O4. The van der Waals surface area contributed by atoms with Crippen LogP contribution in [0, 0.1) is 0 Å². The third kappa shape index (κ3) is 3.56. The van der Waals surface area contributed by atoms with Crippen LogP contribution in [0.15, 0.2) is 4.42 Å². The van der Waals surface area contributed by atoms with Gasteiger partial charge in [0.25, 0.3) is 0 Å². The molecule has 2 aliphatic heterocycles. The molecule has 1 unspecified atom stereocenters. The van der Waals surface area contributed by atoms with Crippen molar-refractivity contribution in [3.63, 3.8) is 0 Å². The number of rotatable bonds is 4. The summed E-state index contributed by atoms with van der Waals surface area (Å²) in [6.45, 7) is 7.17. The first-order valence-corrected chi connectivity index (χ1v) is 7.80. The fraction of sp³-hybridized carbons (Fsp3) is 0.786. The third-order valence-electron chi connectivity index (χ3n) is 4.02. The van der Waals surface area contributed by atoms with Crippen molar-refractivity contribution in [3.05, 3.63) is 11.8 Å². The van der Waals surface area contributed by atoms with Gasteiger partial charge < -0.3 is 18.8 Å². The highest BCUT2D eigenvalue weighted by molar-refractivity contribution is 5.67. The highest BCUT2D eigenvalue weighted by Gasteiger charge is 2.26. The van der Waals surface area contributed by atoms with Crippen LogP contribution in [-0.2, 0) is 16.0 Å². The standard InChI is InChI=1S/C14H22N4O4/c1-2-21-14(19)18-6-4-17(5-7-18)9-12-15-16-13(22-12)11-3-8-20-10-11/h11H,2-10H2,1H3. The maximum Gasteiger partial charge on any atom is 0.409 e. The molecule has 1 aromatic rings. The average molecular weight is 310 g/mol. The van der Waals surface area contributed by atoms with Crippen molar-refractivity contribution in [1.82, 2.24) is 20.0 Å². The summed E-state index contributed by atoms with van der Waals surface area (Å²) in [6, 6.07) is 0. The summed E-state index contributed by atoms with van der Waals surface area (Å²) in [7, 11) is 0. The Bertz CT molecular complexity index is 493. The van der Waals surface area contributed by atoms with Gasteiger partial charge in [-0.05, 0) is 13.3 Å². The number of piperazine rings is 1. The summed E-state index contributed by atoms with van der Waals surface area (Å²) < 4.78 is 16.1. The lowest BCUT2D eigenvalue weighted by Gasteiger charge is -2.33. The van der Waals surface area contributed by atoms with Crippen molar-refractivity contribution in [1.29, 1.82) is 0 Å². The summed E-state index contributed by atoms with van der Waals surface area (Å²) in [5.74, 6) is 1.55. The summed E-state index contributed by atoms with van der Waals surface area (Å²) in [4.78, 5) is 15.6. The van der Waals surface area contributed by atoms with Gasteiger partial charge >= 0.3 is 6.09 Å². The van der Waals surface area contributed by atoms with E-state index in [9.17, 15) is 4.79 Å². The molecule has 0 spiro atoms. The molecule has 2 aliphatic rings. The second-order valence-corrected chi connectivity index (χ2v) is 5.56. The zero-order chi connectivity index (χ0) is 15.4. The van der Waals surface area contributed by atoms with Crippen molar-refractivity contribution in [3.8, 4) is 0 Å². The molecule has 3 heterocycles. The van der Waals surface area contributed by atoms with E-state index in [-0.39, 0.29) is 12.0 Å². The van der Waals surface area contributed by atoms with Crippen LogP contribution in [0.5, 0.6) is 0 Å². The number of amides is 1. The second-order valence-electron chi connectivity index (χ2n) is 5.56. The highest BCUT2D eigenvalue weighted by Crippen LogP contribution is 2.24. The van der Waals surface area contributed by atoms with E-state index in [0.29, 0.717) is 44.6 Å². The lowest BCUT2D eigenvalue weighted by molar-refractivity contribution is 0.0754. The van der Waals surface area contributed by atoms with Gasteiger partial charge in [-0.25, -0.2) is 4.79 Å². The van der Waals surface area contributed by atoms with Crippen molar-refractivity contribution in [2.24, 2.45) is 0 Å². The van der Waals surface area contributed by atoms with Crippen LogP contribution in [0.3, 0.4) is 0 Å². The first-order chi connectivity index (χ1) is 10.8. The molecule has 1 amide bonds. The number of carbonyl (C=O) groups is 1. The highest BCUT2D eigenvalue weighted by atomic mass is 16.6. The average Bonchev–Trinajstić information content (AvgIpc) is 3.19. The van der Waals surface area contributed by atoms with E-state index in [0.717, 1.165) is 26.1 Å². The number of hydrogen-bond donors (Lipinski definition) is 0. The van der Waals surface area contributed by atoms with E-state index in [2.05, 4.69) is 15.1 Å². The van der Waals surface area contributed by atoms with Gasteiger partial charge in [-0.15, -0.1) is 10.2 Å². The molecule has 8 nitrogen and oxygen atoms in total. The molecule has 1 atom stereocenters. The molecule has 22 heavy (non-hydrogen) atoms. The second kappa shape index (κ2) is 7.06. The van der Waals surface area contributed by atoms with Crippen LogP contribution in [0.4, 0.5) is 4.79 Å². The van der Waals surface area contributed by atoms with Gasteiger partial charge in [0.05, 0.1) is 25.7 Å². The molecule has 0 radical (unpaired) electrons. The topological polar surface area (TPSA) is 80.9 Å². The van der Waals surface area contributed by atoms with E-state index in [1.165, 1.54) is 0 Å². The molecule has 0 saturated carbocycles. The molecule has 8 heteroatoms. The van der Waals surface area contributed by atoms with Crippen molar-refractivity contribution in [2.75, 3.05) is 46.0 Å². The van der Waals surface area contributed by atoms with Crippen LogP contribution in [0.1, 0.15) is 31.0 Å². The number of ether oxygens (including phenoxy) is 2. The Morgan fingerprint density at radius 1 is 1.32 bits per heavy atom. The Morgan fingerprint density at radius 3 is 2.82 bits per heavy atom. The summed E-state index contributed by atoms with van der Waals surface area (Å²) in [5.41, 5.74) is 0. The lowest BCUT2D eigenvalue weighted by Crippen LogP contribution is -2.48. The van der Waals surface area contributed by atoms with Crippen molar-refractivity contribution >= 4 is 6.09 Å². The van der Waals surface area contributed by atoms with Gasteiger partial charge in [-0.1, -0.05) is 0 Å². The Kier molecular flexibility index (Phi) is 4.89. The quantitative estimate of drug-likeness (QED) is 0.815. The number of nitrogens with zero attached hydrogens (tertiary/aromatic N) is 4. The summed E-state index contributed by atoms with van der Waals surface area (Å²) in [6.07, 6.45) is 0.711. The molecule has 122 valence electrons. The van der Waals surface area contributed by atoms with Crippen LogP contribution in [-0.4, -0.2) is 72.1 Å². The van der Waals surface area contributed by atoms with Gasteiger partial charge in [-0.3, -0.25) is 4.90 Å². The minimum atomic E-state index is -0.233. The molecule has 1 aromatic heterocycles. The largest absolute Gasteiger partial charge is 0.450 e. The van der Waals surface area contributed by atoms with E-state index < -0.39 is 0 Å². The number of aromatic nitrogens is 2. The van der Waals surface area contributed by atoms with Crippen molar-refractivity contribution in [2.45, 2.75) is 25.8 Å². The molecule has 0 aromatic carbocycles. The van der Waals surface area contributed by atoms with E-state index >= 15 is 0 Å². The first kappa shape index (κ1) is 15.2. The molecule has 3 rings (SSSR count). The number of carbonyl (C=O) groups excluding carboxylic acids is 1. The zero-order valence-corrected chi connectivity index (χ0v) is 12.9. The lowest BCUT2D eigenvalue weighted by atomic mass is 10.1. The van der Waals surface area contributed by atoms with Crippen LogP contribution < -0.4 is 0 Å². The van der Waals surface area contributed by atoms with Crippen LogP contribution in [0.25, 0.3) is 0 Å². The van der Waals surface area contributed by atoms with E-state index in [4.69, 9.17) is 13.9 Å². The van der Waals surface area contributed by atoms with Crippen LogP contribution in [0.2, 0.25) is 0 Å². The van der Waals surface area contributed by atoms with E-state index in [1.807, 2.05) is 6.92 Å². The van der Waals surface area contributed by atoms with E-state index in [1.54, 1.807) is 4.90 Å². The zero-order valence-electron chi connectivity index (χ0n) is 12.9. The monoisotopic (exact) mass is 310 g/mol. The van der Waals surface area contributed by atoms with Crippen molar-refractivity contribution < 1.29 is 18.7 Å².